The van der Waals surface area contributed by atoms with Gasteiger partial charge in [-0.2, -0.15) is 0 Å². The van der Waals surface area contributed by atoms with Crippen molar-refractivity contribution in [3.8, 4) is 11.4 Å². The molecule has 0 aromatic carbocycles. The fraction of sp³-hybridized carbons (Fsp3) is 0.385. The number of aromatic nitrogens is 3. The van der Waals surface area contributed by atoms with E-state index in [1.807, 2.05) is 18.3 Å². The van der Waals surface area contributed by atoms with E-state index in [1.165, 1.54) is 5.56 Å². The topological polar surface area (TPSA) is 53.6 Å². The first-order chi connectivity index (χ1) is 8.24. The third kappa shape index (κ3) is 2.30. The van der Waals surface area contributed by atoms with Crippen LogP contribution in [0.2, 0.25) is 0 Å². The lowest BCUT2D eigenvalue weighted by Gasteiger charge is -2.11. The van der Waals surface area contributed by atoms with E-state index in [2.05, 4.69) is 41.3 Å². The zero-order chi connectivity index (χ0) is 12.3. The predicted molar refractivity (Wildman–Crippen MR) is 70.1 cm³/mol. The molecule has 2 aromatic rings. The van der Waals surface area contributed by atoms with Crippen LogP contribution in [0.5, 0.6) is 0 Å². The predicted octanol–water partition coefficient (Wildman–Crippen LogP) is 2.91. The third-order valence-corrected chi connectivity index (χ3v) is 2.92. The van der Waals surface area contributed by atoms with Crippen LogP contribution in [0.25, 0.3) is 11.4 Å². The van der Waals surface area contributed by atoms with E-state index in [0.717, 1.165) is 35.7 Å². The molecular formula is C13H18N4. The molecule has 0 saturated heterocycles. The average Bonchev–Trinajstić information content (AvgIpc) is 2.85. The summed E-state index contributed by atoms with van der Waals surface area (Å²) in [6.45, 7) is 7.22. The van der Waals surface area contributed by atoms with Gasteiger partial charge in [-0.3, -0.25) is 0 Å². The SMILES string of the molecule is CCCNc1nnc(-c2ccc[nH]2)c(C)c1C. The van der Waals surface area contributed by atoms with Crippen LogP contribution < -0.4 is 5.32 Å². The summed E-state index contributed by atoms with van der Waals surface area (Å²) in [5.74, 6) is 0.889. The largest absolute Gasteiger partial charge is 0.368 e. The van der Waals surface area contributed by atoms with Gasteiger partial charge in [0.2, 0.25) is 0 Å². The molecule has 0 radical (unpaired) electrons. The van der Waals surface area contributed by atoms with Gasteiger partial charge in [0.25, 0.3) is 0 Å². The summed E-state index contributed by atoms with van der Waals surface area (Å²) in [7, 11) is 0. The fourth-order valence-electron chi connectivity index (χ4n) is 1.75. The molecule has 0 aliphatic rings. The molecule has 0 amide bonds. The van der Waals surface area contributed by atoms with Gasteiger partial charge in [-0.15, -0.1) is 10.2 Å². The second-order valence-corrected chi connectivity index (χ2v) is 4.16. The lowest BCUT2D eigenvalue weighted by atomic mass is 10.1. The maximum Gasteiger partial charge on any atom is 0.151 e. The van der Waals surface area contributed by atoms with Crippen molar-refractivity contribution in [2.75, 3.05) is 11.9 Å². The van der Waals surface area contributed by atoms with Gasteiger partial charge < -0.3 is 10.3 Å². The molecule has 90 valence electrons. The Labute approximate surface area is 101 Å². The van der Waals surface area contributed by atoms with Crippen LogP contribution in [-0.2, 0) is 0 Å². The van der Waals surface area contributed by atoms with Crippen molar-refractivity contribution in [2.24, 2.45) is 0 Å². The molecule has 2 N–H and O–H groups in total. The first-order valence-electron chi connectivity index (χ1n) is 5.95. The first-order valence-corrected chi connectivity index (χ1v) is 5.95. The average molecular weight is 230 g/mol. The zero-order valence-electron chi connectivity index (χ0n) is 10.5. The van der Waals surface area contributed by atoms with Crippen LogP contribution in [0.4, 0.5) is 5.82 Å². The van der Waals surface area contributed by atoms with Crippen molar-refractivity contribution < 1.29 is 0 Å². The van der Waals surface area contributed by atoms with Crippen molar-refractivity contribution in [3.63, 3.8) is 0 Å². The molecule has 2 heterocycles. The highest BCUT2D eigenvalue weighted by atomic mass is 15.2. The highest BCUT2D eigenvalue weighted by Crippen LogP contribution is 2.24. The van der Waals surface area contributed by atoms with Gasteiger partial charge in [0.1, 0.15) is 5.69 Å². The number of hydrogen-bond acceptors (Lipinski definition) is 3. The number of aromatic amines is 1. The van der Waals surface area contributed by atoms with Gasteiger partial charge in [0.15, 0.2) is 5.82 Å². The summed E-state index contributed by atoms with van der Waals surface area (Å²) in [6.07, 6.45) is 2.98. The molecule has 0 aliphatic carbocycles. The second kappa shape index (κ2) is 4.99. The van der Waals surface area contributed by atoms with Gasteiger partial charge in [-0.25, -0.2) is 0 Å². The quantitative estimate of drug-likeness (QED) is 0.849. The maximum absolute atomic E-state index is 4.29. The Morgan fingerprint density at radius 3 is 2.71 bits per heavy atom. The summed E-state index contributed by atoms with van der Waals surface area (Å²) < 4.78 is 0. The van der Waals surface area contributed by atoms with Gasteiger partial charge in [0, 0.05) is 12.7 Å². The molecule has 0 saturated carbocycles. The molecule has 2 aromatic heterocycles. The van der Waals surface area contributed by atoms with Gasteiger partial charge >= 0.3 is 0 Å². The summed E-state index contributed by atoms with van der Waals surface area (Å²) in [5, 5.41) is 11.8. The highest BCUT2D eigenvalue weighted by molar-refractivity contribution is 5.63. The molecule has 4 heteroatoms. The Hall–Kier alpha value is -1.84. The molecule has 17 heavy (non-hydrogen) atoms. The molecule has 0 fully saturated rings. The van der Waals surface area contributed by atoms with E-state index in [1.54, 1.807) is 0 Å². The Morgan fingerprint density at radius 2 is 2.06 bits per heavy atom. The Morgan fingerprint density at radius 1 is 1.24 bits per heavy atom. The van der Waals surface area contributed by atoms with Crippen molar-refractivity contribution in [1.29, 1.82) is 0 Å². The highest BCUT2D eigenvalue weighted by Gasteiger charge is 2.11. The molecule has 0 bridgehead atoms. The number of H-pyrrole nitrogens is 1. The van der Waals surface area contributed by atoms with Crippen LogP contribution in [-0.4, -0.2) is 21.7 Å². The number of nitrogens with zero attached hydrogens (tertiary/aromatic N) is 2. The molecule has 0 spiro atoms. The van der Waals surface area contributed by atoms with Crippen molar-refractivity contribution >= 4 is 5.82 Å². The monoisotopic (exact) mass is 230 g/mol. The number of hydrogen-bond donors (Lipinski definition) is 2. The van der Waals surface area contributed by atoms with Crippen LogP contribution in [0.15, 0.2) is 18.3 Å². The molecule has 0 unspecified atom stereocenters. The number of nitrogens with one attached hydrogen (secondary N) is 2. The normalized spacial score (nSPS) is 10.5. The molecule has 2 rings (SSSR count). The number of rotatable bonds is 4. The van der Waals surface area contributed by atoms with Crippen LogP contribution in [0, 0.1) is 13.8 Å². The van der Waals surface area contributed by atoms with E-state index in [9.17, 15) is 0 Å². The van der Waals surface area contributed by atoms with Gasteiger partial charge in [-0.05, 0) is 43.5 Å². The fourth-order valence-corrected chi connectivity index (χ4v) is 1.75. The van der Waals surface area contributed by atoms with Crippen LogP contribution in [0.1, 0.15) is 24.5 Å². The van der Waals surface area contributed by atoms with E-state index in [0.29, 0.717) is 0 Å². The smallest absolute Gasteiger partial charge is 0.151 e. The van der Waals surface area contributed by atoms with E-state index in [4.69, 9.17) is 0 Å². The molecule has 4 nitrogen and oxygen atoms in total. The lowest BCUT2D eigenvalue weighted by Crippen LogP contribution is -2.07. The van der Waals surface area contributed by atoms with Crippen molar-refractivity contribution in [2.45, 2.75) is 27.2 Å². The summed E-state index contributed by atoms with van der Waals surface area (Å²) in [5.41, 5.74) is 4.27. The van der Waals surface area contributed by atoms with E-state index >= 15 is 0 Å². The number of anilines is 1. The minimum atomic E-state index is 0.889. The van der Waals surface area contributed by atoms with Crippen molar-refractivity contribution in [3.05, 3.63) is 29.5 Å². The Balaban J connectivity index is 2.36. The van der Waals surface area contributed by atoms with Crippen LogP contribution in [0.3, 0.4) is 0 Å². The summed E-state index contributed by atoms with van der Waals surface area (Å²) in [4.78, 5) is 3.16. The second-order valence-electron chi connectivity index (χ2n) is 4.16. The van der Waals surface area contributed by atoms with E-state index < -0.39 is 0 Å². The third-order valence-electron chi connectivity index (χ3n) is 2.92. The van der Waals surface area contributed by atoms with Crippen molar-refractivity contribution in [1.82, 2.24) is 15.2 Å². The Bertz CT molecular complexity index is 488. The zero-order valence-corrected chi connectivity index (χ0v) is 10.5. The van der Waals surface area contributed by atoms with Crippen LogP contribution >= 0.6 is 0 Å². The molecule has 0 atom stereocenters. The summed E-state index contributed by atoms with van der Waals surface area (Å²) in [6, 6.07) is 3.98. The Kier molecular flexibility index (Phi) is 3.42. The van der Waals surface area contributed by atoms with E-state index in [-0.39, 0.29) is 0 Å². The van der Waals surface area contributed by atoms with Gasteiger partial charge in [0.05, 0.1) is 5.69 Å². The summed E-state index contributed by atoms with van der Waals surface area (Å²) >= 11 is 0. The minimum absolute atomic E-state index is 0.889. The molecular weight excluding hydrogens is 212 g/mol. The minimum Gasteiger partial charge on any atom is -0.368 e. The molecule has 0 aliphatic heterocycles. The standard InChI is InChI=1S/C13H18N4/c1-4-7-15-13-10(3)9(2)12(16-17-13)11-6-5-8-14-11/h5-6,8,14H,4,7H2,1-3H3,(H,15,17). The van der Waals surface area contributed by atoms with Gasteiger partial charge in [-0.1, -0.05) is 6.92 Å². The first kappa shape index (κ1) is 11.6. The lowest BCUT2D eigenvalue weighted by molar-refractivity contribution is 0.931. The maximum atomic E-state index is 4.29.